The number of hydrogen-bond donors (Lipinski definition) is 3. The van der Waals surface area contributed by atoms with Gasteiger partial charge >= 0.3 is 0 Å². The zero-order valence-corrected chi connectivity index (χ0v) is 11.6. The molecule has 0 heterocycles. The number of rotatable bonds is 7. The molecule has 1 atom stereocenters. The summed E-state index contributed by atoms with van der Waals surface area (Å²) in [6.07, 6.45) is 1.33. The van der Waals surface area contributed by atoms with E-state index in [1.54, 1.807) is 0 Å². The molecule has 1 unspecified atom stereocenters. The van der Waals surface area contributed by atoms with Gasteiger partial charge < -0.3 is 10.8 Å². The van der Waals surface area contributed by atoms with Crippen LogP contribution in [0.5, 0.6) is 0 Å². The van der Waals surface area contributed by atoms with Crippen molar-refractivity contribution in [2.75, 3.05) is 18.9 Å². The van der Waals surface area contributed by atoms with Crippen molar-refractivity contribution in [1.82, 2.24) is 4.72 Å². The molecule has 1 aromatic carbocycles. The van der Waals surface area contributed by atoms with Crippen molar-refractivity contribution in [2.24, 2.45) is 5.92 Å². The Labute approximate surface area is 112 Å². The fourth-order valence-corrected chi connectivity index (χ4v) is 2.59. The van der Waals surface area contributed by atoms with E-state index in [-0.39, 0.29) is 29.7 Å². The number of benzene rings is 1. The molecule has 19 heavy (non-hydrogen) atoms. The van der Waals surface area contributed by atoms with Crippen molar-refractivity contribution in [2.45, 2.75) is 24.7 Å². The zero-order chi connectivity index (χ0) is 14.5. The van der Waals surface area contributed by atoms with Crippen LogP contribution in [0.1, 0.15) is 19.8 Å². The molecule has 0 fully saturated rings. The van der Waals surface area contributed by atoms with E-state index < -0.39 is 15.8 Å². The molecule has 1 aromatic rings. The molecule has 1 rings (SSSR count). The summed E-state index contributed by atoms with van der Waals surface area (Å²) in [5, 5.41) is 8.84. The third kappa shape index (κ3) is 4.77. The van der Waals surface area contributed by atoms with Gasteiger partial charge in [-0.2, -0.15) is 0 Å². The van der Waals surface area contributed by atoms with Gasteiger partial charge in [0.1, 0.15) is 5.82 Å². The Morgan fingerprint density at radius 1 is 1.47 bits per heavy atom. The molecule has 0 saturated heterocycles. The molecule has 0 saturated carbocycles. The van der Waals surface area contributed by atoms with E-state index in [0.717, 1.165) is 12.5 Å². The topological polar surface area (TPSA) is 92.4 Å². The first-order valence-corrected chi connectivity index (χ1v) is 7.50. The summed E-state index contributed by atoms with van der Waals surface area (Å²) >= 11 is 0. The molecule has 0 aliphatic carbocycles. The maximum atomic E-state index is 13.2. The smallest absolute Gasteiger partial charge is 0.240 e. The van der Waals surface area contributed by atoms with E-state index in [1.165, 1.54) is 12.1 Å². The van der Waals surface area contributed by atoms with Gasteiger partial charge in [-0.3, -0.25) is 0 Å². The molecule has 7 heteroatoms. The number of aliphatic hydroxyl groups is 1. The molecule has 0 aliphatic heterocycles. The minimum absolute atomic E-state index is 0.0793. The van der Waals surface area contributed by atoms with E-state index in [0.29, 0.717) is 6.42 Å². The second-order valence-corrected chi connectivity index (χ2v) is 6.28. The van der Waals surface area contributed by atoms with Gasteiger partial charge in [0.05, 0.1) is 10.6 Å². The molecule has 0 bridgehead atoms. The quantitative estimate of drug-likeness (QED) is 0.518. The van der Waals surface area contributed by atoms with Crippen LogP contribution in [0.25, 0.3) is 0 Å². The minimum Gasteiger partial charge on any atom is -0.396 e. The highest BCUT2D eigenvalue weighted by Gasteiger charge is 2.15. The maximum absolute atomic E-state index is 13.2. The molecule has 108 valence electrons. The average Bonchev–Trinajstić information content (AvgIpc) is 2.37. The Hall–Kier alpha value is -1.18. The SMILES string of the molecule is CC(CO)CCCNS(=O)(=O)c1ccc(N)c(F)c1. The molecule has 0 aliphatic rings. The highest BCUT2D eigenvalue weighted by atomic mass is 32.2. The maximum Gasteiger partial charge on any atom is 0.240 e. The highest BCUT2D eigenvalue weighted by molar-refractivity contribution is 7.89. The summed E-state index contributed by atoms with van der Waals surface area (Å²) in [5.74, 6) is -0.616. The summed E-state index contributed by atoms with van der Waals surface area (Å²) < 4.78 is 39.3. The van der Waals surface area contributed by atoms with Gasteiger partial charge in [-0.1, -0.05) is 6.92 Å². The molecule has 5 nitrogen and oxygen atoms in total. The Morgan fingerprint density at radius 2 is 2.16 bits per heavy atom. The molecular formula is C12H19FN2O3S. The first-order valence-electron chi connectivity index (χ1n) is 6.02. The highest BCUT2D eigenvalue weighted by Crippen LogP contribution is 2.16. The summed E-state index contributed by atoms with van der Waals surface area (Å²) in [6, 6.07) is 3.38. The second kappa shape index (κ2) is 6.83. The van der Waals surface area contributed by atoms with Crippen molar-refractivity contribution in [3.05, 3.63) is 24.0 Å². The van der Waals surface area contributed by atoms with Crippen LogP contribution < -0.4 is 10.5 Å². The van der Waals surface area contributed by atoms with E-state index in [9.17, 15) is 12.8 Å². The summed E-state index contributed by atoms with van der Waals surface area (Å²) in [4.78, 5) is -0.144. The van der Waals surface area contributed by atoms with Crippen molar-refractivity contribution >= 4 is 15.7 Å². The predicted molar refractivity (Wildman–Crippen MR) is 71.5 cm³/mol. The van der Waals surface area contributed by atoms with Gasteiger partial charge in [0, 0.05) is 13.2 Å². The zero-order valence-electron chi connectivity index (χ0n) is 10.8. The minimum atomic E-state index is -3.71. The Bertz CT molecular complexity index is 520. The van der Waals surface area contributed by atoms with Gasteiger partial charge in [-0.25, -0.2) is 17.5 Å². The van der Waals surface area contributed by atoms with E-state index in [2.05, 4.69) is 4.72 Å². The first kappa shape index (κ1) is 15.9. The van der Waals surface area contributed by atoms with Crippen molar-refractivity contribution < 1.29 is 17.9 Å². The molecular weight excluding hydrogens is 271 g/mol. The number of aliphatic hydroxyl groups excluding tert-OH is 1. The van der Waals surface area contributed by atoms with Crippen LogP contribution in [-0.2, 0) is 10.0 Å². The number of nitrogens with one attached hydrogen (secondary N) is 1. The van der Waals surface area contributed by atoms with Crippen LogP contribution in [0.15, 0.2) is 23.1 Å². The van der Waals surface area contributed by atoms with Crippen LogP contribution in [0.2, 0.25) is 0 Å². The number of nitrogens with two attached hydrogens (primary N) is 1. The number of hydrogen-bond acceptors (Lipinski definition) is 4. The summed E-state index contributed by atoms with van der Waals surface area (Å²) in [7, 11) is -3.71. The van der Waals surface area contributed by atoms with Crippen molar-refractivity contribution in [3.8, 4) is 0 Å². The lowest BCUT2D eigenvalue weighted by Gasteiger charge is -2.09. The van der Waals surface area contributed by atoms with Gasteiger partial charge in [0.15, 0.2) is 0 Å². The van der Waals surface area contributed by atoms with Crippen LogP contribution in [0.4, 0.5) is 10.1 Å². The van der Waals surface area contributed by atoms with Gasteiger partial charge in [-0.05, 0) is 37.0 Å². The fraction of sp³-hybridized carbons (Fsp3) is 0.500. The Morgan fingerprint density at radius 3 is 2.74 bits per heavy atom. The van der Waals surface area contributed by atoms with E-state index in [1.807, 2.05) is 6.92 Å². The van der Waals surface area contributed by atoms with Crippen molar-refractivity contribution in [1.29, 1.82) is 0 Å². The van der Waals surface area contributed by atoms with E-state index >= 15 is 0 Å². The Kier molecular flexibility index (Phi) is 5.71. The van der Waals surface area contributed by atoms with Crippen LogP contribution >= 0.6 is 0 Å². The van der Waals surface area contributed by atoms with E-state index in [4.69, 9.17) is 10.8 Å². The lowest BCUT2D eigenvalue weighted by Crippen LogP contribution is -2.25. The first-order chi connectivity index (χ1) is 8.86. The number of anilines is 1. The number of sulfonamides is 1. The van der Waals surface area contributed by atoms with Gasteiger partial charge in [-0.15, -0.1) is 0 Å². The number of nitrogen functional groups attached to an aromatic ring is 1. The lowest BCUT2D eigenvalue weighted by molar-refractivity contribution is 0.228. The Balaban J connectivity index is 2.58. The van der Waals surface area contributed by atoms with Crippen LogP contribution in [0.3, 0.4) is 0 Å². The number of halogens is 1. The standard InChI is InChI=1S/C12H19FN2O3S/c1-9(8-16)3-2-6-15-19(17,18)10-4-5-12(14)11(13)7-10/h4-5,7,9,15-16H,2-3,6,8,14H2,1H3. The monoisotopic (exact) mass is 290 g/mol. The molecule has 0 amide bonds. The summed E-state index contributed by atoms with van der Waals surface area (Å²) in [6.45, 7) is 2.21. The lowest BCUT2D eigenvalue weighted by atomic mass is 10.1. The van der Waals surface area contributed by atoms with Crippen LogP contribution in [-0.4, -0.2) is 26.7 Å². The van der Waals surface area contributed by atoms with Gasteiger partial charge in [0.2, 0.25) is 10.0 Å². The van der Waals surface area contributed by atoms with Crippen molar-refractivity contribution in [3.63, 3.8) is 0 Å². The molecule has 4 N–H and O–H groups in total. The summed E-state index contributed by atoms with van der Waals surface area (Å²) in [5.41, 5.74) is 5.20. The van der Waals surface area contributed by atoms with Crippen LogP contribution in [0, 0.1) is 11.7 Å². The second-order valence-electron chi connectivity index (χ2n) is 4.51. The fourth-order valence-electron chi connectivity index (χ4n) is 1.51. The average molecular weight is 290 g/mol. The predicted octanol–water partition coefficient (Wildman–Crippen LogP) is 1.09. The normalized spacial score (nSPS) is 13.4. The molecule has 0 aromatic heterocycles. The molecule has 0 radical (unpaired) electrons. The third-order valence-electron chi connectivity index (χ3n) is 2.76. The molecule has 0 spiro atoms. The third-order valence-corrected chi connectivity index (χ3v) is 4.22. The largest absolute Gasteiger partial charge is 0.396 e. The van der Waals surface area contributed by atoms with Gasteiger partial charge in [0.25, 0.3) is 0 Å².